The van der Waals surface area contributed by atoms with Crippen molar-refractivity contribution in [1.29, 1.82) is 0 Å². The Morgan fingerprint density at radius 2 is 1.76 bits per heavy atom. The van der Waals surface area contributed by atoms with Crippen molar-refractivity contribution in [2.75, 3.05) is 25.1 Å². The molecule has 0 aliphatic carbocycles. The number of para-hydroxylation sites is 1. The van der Waals surface area contributed by atoms with Crippen molar-refractivity contribution in [1.82, 2.24) is 9.80 Å². The molecular formula is C20H24FN3S. The van der Waals surface area contributed by atoms with Gasteiger partial charge in [0.05, 0.1) is 6.67 Å². The van der Waals surface area contributed by atoms with E-state index in [-0.39, 0.29) is 5.82 Å². The van der Waals surface area contributed by atoms with Crippen molar-refractivity contribution >= 4 is 23.0 Å². The molecule has 1 aliphatic heterocycles. The molecule has 0 unspecified atom stereocenters. The summed E-state index contributed by atoms with van der Waals surface area (Å²) in [5.74, 6) is -0.192. The number of nitrogens with one attached hydrogen (secondary N) is 1. The Hall–Kier alpha value is -1.98. The van der Waals surface area contributed by atoms with Crippen LogP contribution in [0.25, 0.3) is 0 Å². The number of hydrogen-bond acceptors (Lipinski definition) is 2. The third-order valence-electron chi connectivity index (χ3n) is 4.59. The van der Waals surface area contributed by atoms with Crippen LogP contribution < -0.4 is 5.32 Å². The lowest BCUT2D eigenvalue weighted by atomic mass is 10.1. The van der Waals surface area contributed by atoms with Gasteiger partial charge in [0, 0.05) is 25.3 Å². The van der Waals surface area contributed by atoms with Crippen LogP contribution in [0.15, 0.2) is 42.5 Å². The molecule has 0 atom stereocenters. The molecule has 25 heavy (non-hydrogen) atoms. The van der Waals surface area contributed by atoms with Crippen LogP contribution in [-0.2, 0) is 6.54 Å². The van der Waals surface area contributed by atoms with Gasteiger partial charge in [0.15, 0.2) is 5.11 Å². The molecule has 0 amide bonds. The van der Waals surface area contributed by atoms with E-state index < -0.39 is 0 Å². The van der Waals surface area contributed by atoms with Gasteiger partial charge in [-0.3, -0.25) is 4.90 Å². The summed E-state index contributed by atoms with van der Waals surface area (Å²) in [5, 5.41) is 4.19. The smallest absolute Gasteiger partial charge is 0.174 e. The number of aryl methyl sites for hydroxylation is 2. The van der Waals surface area contributed by atoms with Crippen LogP contribution in [-0.4, -0.2) is 34.7 Å². The maximum Gasteiger partial charge on any atom is 0.174 e. The minimum Gasteiger partial charge on any atom is -0.336 e. The topological polar surface area (TPSA) is 18.5 Å². The highest BCUT2D eigenvalue weighted by Crippen LogP contribution is 2.21. The second kappa shape index (κ2) is 7.93. The maximum absolute atomic E-state index is 13.1. The average molecular weight is 357 g/mol. The van der Waals surface area contributed by atoms with Crippen LogP contribution in [0.4, 0.5) is 10.1 Å². The molecule has 1 N–H and O–H groups in total. The van der Waals surface area contributed by atoms with E-state index in [9.17, 15) is 4.39 Å². The molecule has 3 nitrogen and oxygen atoms in total. The number of thiocarbonyl (C=S) groups is 1. The fourth-order valence-electron chi connectivity index (χ4n) is 3.21. The summed E-state index contributed by atoms with van der Waals surface area (Å²) in [6.45, 7) is 7.76. The highest BCUT2D eigenvalue weighted by molar-refractivity contribution is 7.80. The fourth-order valence-corrected chi connectivity index (χ4v) is 3.46. The summed E-state index contributed by atoms with van der Waals surface area (Å²) in [7, 11) is 0. The normalized spacial score (nSPS) is 15.2. The van der Waals surface area contributed by atoms with Crippen molar-refractivity contribution in [2.45, 2.75) is 26.8 Å². The maximum atomic E-state index is 13.1. The van der Waals surface area contributed by atoms with E-state index >= 15 is 0 Å². The zero-order valence-corrected chi connectivity index (χ0v) is 15.6. The zero-order valence-electron chi connectivity index (χ0n) is 14.8. The summed E-state index contributed by atoms with van der Waals surface area (Å²) in [5.41, 5.74) is 4.62. The number of nitrogens with zero attached hydrogens (tertiary/aromatic N) is 2. The Labute approximate surface area is 154 Å². The average Bonchev–Trinajstić information content (AvgIpc) is 2.60. The summed E-state index contributed by atoms with van der Waals surface area (Å²) in [6.07, 6.45) is 1.07. The molecule has 1 aliphatic rings. The van der Waals surface area contributed by atoms with Crippen molar-refractivity contribution in [3.8, 4) is 0 Å². The van der Waals surface area contributed by atoms with Crippen LogP contribution in [0.3, 0.4) is 0 Å². The van der Waals surface area contributed by atoms with Gasteiger partial charge in [-0.1, -0.05) is 30.3 Å². The lowest BCUT2D eigenvalue weighted by Crippen LogP contribution is -2.48. The van der Waals surface area contributed by atoms with E-state index in [1.807, 2.05) is 12.1 Å². The van der Waals surface area contributed by atoms with E-state index in [0.29, 0.717) is 0 Å². The van der Waals surface area contributed by atoms with Gasteiger partial charge in [-0.05, 0) is 61.3 Å². The second-order valence-corrected chi connectivity index (χ2v) is 7.02. The summed E-state index contributed by atoms with van der Waals surface area (Å²) in [6, 6.07) is 13.0. The summed E-state index contributed by atoms with van der Waals surface area (Å²) in [4.78, 5) is 4.55. The van der Waals surface area contributed by atoms with Crippen molar-refractivity contribution < 1.29 is 4.39 Å². The molecule has 1 heterocycles. The van der Waals surface area contributed by atoms with E-state index in [1.165, 1.54) is 23.3 Å². The number of rotatable bonds is 3. The predicted octanol–water partition coefficient (Wildman–Crippen LogP) is 4.30. The molecule has 0 saturated carbocycles. The van der Waals surface area contributed by atoms with Crippen molar-refractivity contribution in [3.05, 3.63) is 65.0 Å². The number of anilines is 1. The van der Waals surface area contributed by atoms with Crippen molar-refractivity contribution in [2.24, 2.45) is 0 Å². The van der Waals surface area contributed by atoms with Crippen LogP contribution in [0.1, 0.15) is 23.1 Å². The van der Waals surface area contributed by atoms with Gasteiger partial charge in [-0.25, -0.2) is 4.39 Å². The molecular weight excluding hydrogens is 333 g/mol. The van der Waals surface area contributed by atoms with Crippen LogP contribution in [0.2, 0.25) is 0 Å². The molecule has 0 spiro atoms. The molecule has 0 aromatic heterocycles. The Morgan fingerprint density at radius 3 is 2.44 bits per heavy atom. The van der Waals surface area contributed by atoms with E-state index in [0.717, 1.165) is 49.1 Å². The number of hydrogen-bond donors (Lipinski definition) is 1. The molecule has 0 bridgehead atoms. The minimum absolute atomic E-state index is 0.192. The highest BCUT2D eigenvalue weighted by Gasteiger charge is 2.20. The Balaban J connectivity index is 1.62. The molecule has 132 valence electrons. The first-order chi connectivity index (χ1) is 12.0. The monoisotopic (exact) mass is 357 g/mol. The minimum atomic E-state index is -0.192. The number of benzene rings is 2. The third-order valence-corrected chi connectivity index (χ3v) is 4.95. The molecule has 1 saturated heterocycles. The van der Waals surface area contributed by atoms with Crippen molar-refractivity contribution in [3.63, 3.8) is 0 Å². The first-order valence-corrected chi connectivity index (χ1v) is 9.03. The summed E-state index contributed by atoms with van der Waals surface area (Å²) < 4.78 is 13.1. The quantitative estimate of drug-likeness (QED) is 0.825. The van der Waals surface area contributed by atoms with Gasteiger partial charge in [0.2, 0.25) is 0 Å². The number of halogens is 1. The van der Waals surface area contributed by atoms with E-state index in [2.05, 4.69) is 47.2 Å². The van der Waals surface area contributed by atoms with Crippen LogP contribution >= 0.6 is 12.2 Å². The first-order valence-electron chi connectivity index (χ1n) is 8.62. The lowest BCUT2D eigenvalue weighted by Gasteiger charge is -2.37. The van der Waals surface area contributed by atoms with Gasteiger partial charge in [0.1, 0.15) is 5.82 Å². The standard InChI is InChI=1S/C20H24FN3S/c1-15-5-3-6-16(2)19(15)22-20(25)24-12-4-11-23(14-24)13-17-7-9-18(21)10-8-17/h3,5-10H,4,11-14H2,1-2H3,(H,22,25). The van der Waals surface area contributed by atoms with Crippen LogP contribution in [0.5, 0.6) is 0 Å². The van der Waals surface area contributed by atoms with E-state index in [1.54, 1.807) is 0 Å². The van der Waals surface area contributed by atoms with E-state index in [4.69, 9.17) is 12.2 Å². The Bertz CT molecular complexity index is 725. The Kier molecular flexibility index (Phi) is 5.66. The Morgan fingerprint density at radius 1 is 1.08 bits per heavy atom. The second-order valence-electron chi connectivity index (χ2n) is 6.63. The molecule has 5 heteroatoms. The third kappa shape index (κ3) is 4.55. The predicted molar refractivity (Wildman–Crippen MR) is 105 cm³/mol. The van der Waals surface area contributed by atoms with Gasteiger partial charge < -0.3 is 10.2 Å². The zero-order chi connectivity index (χ0) is 17.8. The SMILES string of the molecule is Cc1cccc(C)c1NC(=S)N1CCCN(Cc2ccc(F)cc2)C1. The fraction of sp³-hybridized carbons (Fsp3) is 0.350. The van der Waals surface area contributed by atoms with Gasteiger partial charge >= 0.3 is 0 Å². The lowest BCUT2D eigenvalue weighted by molar-refractivity contribution is 0.134. The molecule has 1 fully saturated rings. The van der Waals surface area contributed by atoms with Crippen LogP contribution in [0, 0.1) is 19.7 Å². The summed E-state index contributed by atoms with van der Waals surface area (Å²) >= 11 is 5.65. The molecule has 3 rings (SSSR count). The van der Waals surface area contributed by atoms with Gasteiger partial charge in [0.25, 0.3) is 0 Å². The molecule has 2 aromatic carbocycles. The first kappa shape index (κ1) is 17.8. The molecule has 0 radical (unpaired) electrons. The van der Waals surface area contributed by atoms with Gasteiger partial charge in [-0.2, -0.15) is 0 Å². The molecule has 2 aromatic rings. The van der Waals surface area contributed by atoms with Gasteiger partial charge in [-0.15, -0.1) is 0 Å². The largest absolute Gasteiger partial charge is 0.336 e. The highest BCUT2D eigenvalue weighted by atomic mass is 32.1.